The van der Waals surface area contributed by atoms with Crippen molar-refractivity contribution < 1.29 is 14.0 Å². The number of aromatic nitrogens is 1. The molecule has 1 N–H and O–H groups in total. The highest BCUT2D eigenvalue weighted by Gasteiger charge is 2.26. The van der Waals surface area contributed by atoms with Crippen LogP contribution in [0, 0.1) is 5.82 Å². The molecule has 1 aromatic carbocycles. The molecule has 2 aromatic rings. The van der Waals surface area contributed by atoms with Gasteiger partial charge in [-0.1, -0.05) is 11.6 Å². The summed E-state index contributed by atoms with van der Waals surface area (Å²) in [5.41, 5.74) is 0.875. The standard InChI is InChI=1S/C17H16ClFN4O2/c18-15-14(2-1-7-20-15)16(24)22-8-10-23(11-9-22)17(25)21-13-5-3-12(19)4-6-13/h1-7H,8-11H2,(H,21,25). The van der Waals surface area contributed by atoms with E-state index < -0.39 is 0 Å². The summed E-state index contributed by atoms with van der Waals surface area (Å²) in [6.07, 6.45) is 1.52. The lowest BCUT2D eigenvalue weighted by Crippen LogP contribution is -2.51. The number of anilines is 1. The number of carbonyl (C=O) groups excluding carboxylic acids is 2. The molecule has 1 fully saturated rings. The first-order valence-electron chi connectivity index (χ1n) is 7.76. The number of hydrogen-bond donors (Lipinski definition) is 1. The molecule has 6 nitrogen and oxygen atoms in total. The van der Waals surface area contributed by atoms with Gasteiger partial charge in [-0.15, -0.1) is 0 Å². The predicted molar refractivity (Wildman–Crippen MR) is 92.1 cm³/mol. The molecule has 1 aromatic heterocycles. The zero-order valence-corrected chi connectivity index (χ0v) is 14.0. The molecule has 1 saturated heterocycles. The molecule has 1 aliphatic heterocycles. The van der Waals surface area contributed by atoms with E-state index in [0.29, 0.717) is 37.4 Å². The first kappa shape index (κ1) is 17.2. The van der Waals surface area contributed by atoms with Crippen LogP contribution in [-0.2, 0) is 0 Å². The van der Waals surface area contributed by atoms with Crippen molar-refractivity contribution in [2.24, 2.45) is 0 Å². The maximum atomic E-state index is 12.9. The van der Waals surface area contributed by atoms with E-state index in [4.69, 9.17) is 11.6 Å². The molecule has 1 aliphatic rings. The van der Waals surface area contributed by atoms with Crippen LogP contribution in [0.1, 0.15) is 10.4 Å². The Morgan fingerprint density at radius 3 is 2.32 bits per heavy atom. The average molecular weight is 363 g/mol. The molecule has 0 unspecified atom stereocenters. The fraction of sp³-hybridized carbons (Fsp3) is 0.235. The SMILES string of the molecule is O=C(Nc1ccc(F)cc1)N1CCN(C(=O)c2cccnc2Cl)CC1. The van der Waals surface area contributed by atoms with Crippen LogP contribution in [0.4, 0.5) is 14.9 Å². The molecule has 8 heteroatoms. The van der Waals surface area contributed by atoms with Crippen molar-refractivity contribution in [3.63, 3.8) is 0 Å². The number of halogens is 2. The van der Waals surface area contributed by atoms with Gasteiger partial charge in [0.15, 0.2) is 0 Å². The van der Waals surface area contributed by atoms with Crippen molar-refractivity contribution in [2.75, 3.05) is 31.5 Å². The van der Waals surface area contributed by atoms with Crippen molar-refractivity contribution in [1.82, 2.24) is 14.8 Å². The van der Waals surface area contributed by atoms with Gasteiger partial charge < -0.3 is 15.1 Å². The van der Waals surface area contributed by atoms with Crippen LogP contribution >= 0.6 is 11.6 Å². The first-order chi connectivity index (χ1) is 12.0. The molecular formula is C17H16ClFN4O2. The highest BCUT2D eigenvalue weighted by Crippen LogP contribution is 2.16. The summed E-state index contributed by atoms with van der Waals surface area (Å²) < 4.78 is 12.9. The molecule has 2 heterocycles. The Labute approximate surface area is 149 Å². The van der Waals surface area contributed by atoms with Crippen LogP contribution in [0.3, 0.4) is 0 Å². The molecule has 130 valence electrons. The van der Waals surface area contributed by atoms with E-state index in [2.05, 4.69) is 10.3 Å². The second-order valence-electron chi connectivity index (χ2n) is 5.56. The van der Waals surface area contributed by atoms with Gasteiger partial charge in [0.1, 0.15) is 11.0 Å². The van der Waals surface area contributed by atoms with Gasteiger partial charge in [0.25, 0.3) is 5.91 Å². The molecule has 0 atom stereocenters. The Kier molecular flexibility index (Phi) is 5.14. The topological polar surface area (TPSA) is 65.5 Å². The van der Waals surface area contributed by atoms with E-state index in [1.165, 1.54) is 30.5 Å². The van der Waals surface area contributed by atoms with Gasteiger partial charge >= 0.3 is 6.03 Å². The summed E-state index contributed by atoms with van der Waals surface area (Å²) in [5.74, 6) is -0.559. The Morgan fingerprint density at radius 2 is 1.68 bits per heavy atom. The van der Waals surface area contributed by atoms with E-state index in [0.717, 1.165) is 0 Å². The zero-order valence-electron chi connectivity index (χ0n) is 13.3. The van der Waals surface area contributed by atoms with E-state index in [-0.39, 0.29) is 22.9 Å². The first-order valence-corrected chi connectivity index (χ1v) is 8.13. The van der Waals surface area contributed by atoms with E-state index >= 15 is 0 Å². The van der Waals surface area contributed by atoms with Gasteiger partial charge in [-0.25, -0.2) is 14.2 Å². The van der Waals surface area contributed by atoms with Crippen LogP contribution in [0.15, 0.2) is 42.6 Å². The van der Waals surface area contributed by atoms with Crippen molar-refractivity contribution in [3.8, 4) is 0 Å². The number of rotatable bonds is 2. The summed E-state index contributed by atoms with van der Waals surface area (Å²) in [6.45, 7) is 1.61. The van der Waals surface area contributed by atoms with Gasteiger partial charge in [-0.2, -0.15) is 0 Å². The number of hydrogen-bond acceptors (Lipinski definition) is 3. The minimum atomic E-state index is -0.362. The molecule has 25 heavy (non-hydrogen) atoms. The van der Waals surface area contributed by atoms with Crippen molar-refractivity contribution in [1.29, 1.82) is 0 Å². The Morgan fingerprint density at radius 1 is 1.04 bits per heavy atom. The third-order valence-corrected chi connectivity index (χ3v) is 4.24. The monoisotopic (exact) mass is 362 g/mol. The third kappa shape index (κ3) is 4.06. The summed E-state index contributed by atoms with van der Waals surface area (Å²) >= 11 is 5.96. The maximum absolute atomic E-state index is 12.9. The normalized spacial score (nSPS) is 14.3. The average Bonchev–Trinajstić information content (AvgIpc) is 2.63. The number of amides is 3. The molecule has 3 rings (SSSR count). The predicted octanol–water partition coefficient (Wildman–Crippen LogP) is 2.86. The zero-order chi connectivity index (χ0) is 17.8. The van der Waals surface area contributed by atoms with Crippen LogP contribution < -0.4 is 5.32 Å². The smallest absolute Gasteiger partial charge is 0.321 e. The number of nitrogens with one attached hydrogen (secondary N) is 1. The lowest BCUT2D eigenvalue weighted by atomic mass is 10.2. The number of benzene rings is 1. The number of piperazine rings is 1. The molecular weight excluding hydrogens is 347 g/mol. The Balaban J connectivity index is 1.56. The van der Waals surface area contributed by atoms with Gasteiger partial charge in [0, 0.05) is 38.1 Å². The van der Waals surface area contributed by atoms with E-state index in [1.807, 2.05) is 0 Å². The quantitative estimate of drug-likeness (QED) is 0.835. The van der Waals surface area contributed by atoms with Crippen molar-refractivity contribution in [2.45, 2.75) is 0 Å². The molecule has 0 aliphatic carbocycles. The lowest BCUT2D eigenvalue weighted by molar-refractivity contribution is 0.0671. The molecule has 3 amide bonds. The Bertz CT molecular complexity index is 776. The van der Waals surface area contributed by atoms with Crippen LogP contribution in [-0.4, -0.2) is 52.9 Å². The summed E-state index contributed by atoms with van der Waals surface area (Å²) in [4.78, 5) is 31.9. The maximum Gasteiger partial charge on any atom is 0.321 e. The highest BCUT2D eigenvalue weighted by molar-refractivity contribution is 6.32. The van der Waals surface area contributed by atoms with Crippen LogP contribution in [0.2, 0.25) is 5.15 Å². The summed E-state index contributed by atoms with van der Waals surface area (Å²) in [5, 5.41) is 2.88. The highest BCUT2D eigenvalue weighted by atomic mass is 35.5. The van der Waals surface area contributed by atoms with Crippen molar-refractivity contribution in [3.05, 3.63) is 59.1 Å². The number of carbonyl (C=O) groups is 2. The summed E-state index contributed by atoms with van der Waals surface area (Å²) in [6, 6.07) is 8.57. The molecule has 0 radical (unpaired) electrons. The fourth-order valence-corrected chi connectivity index (χ4v) is 2.76. The second kappa shape index (κ2) is 7.48. The molecule has 0 saturated carbocycles. The summed E-state index contributed by atoms with van der Waals surface area (Å²) in [7, 11) is 0. The van der Waals surface area contributed by atoms with Gasteiger partial charge in [-0.3, -0.25) is 4.79 Å². The Hall–Kier alpha value is -2.67. The van der Waals surface area contributed by atoms with Crippen molar-refractivity contribution >= 4 is 29.2 Å². The van der Waals surface area contributed by atoms with Gasteiger partial charge in [0.2, 0.25) is 0 Å². The van der Waals surface area contributed by atoms with E-state index in [9.17, 15) is 14.0 Å². The third-order valence-electron chi connectivity index (χ3n) is 3.94. The fourth-order valence-electron chi connectivity index (χ4n) is 2.56. The van der Waals surface area contributed by atoms with E-state index in [1.54, 1.807) is 21.9 Å². The van der Waals surface area contributed by atoms with Crippen LogP contribution in [0.25, 0.3) is 0 Å². The molecule has 0 spiro atoms. The van der Waals surface area contributed by atoms with Crippen LogP contribution in [0.5, 0.6) is 0 Å². The second-order valence-corrected chi connectivity index (χ2v) is 5.92. The molecule has 0 bridgehead atoms. The largest absolute Gasteiger partial charge is 0.335 e. The number of urea groups is 1. The number of pyridine rings is 1. The lowest BCUT2D eigenvalue weighted by Gasteiger charge is -2.34. The minimum absolute atomic E-state index is 0.170. The minimum Gasteiger partial charge on any atom is -0.335 e. The van der Waals surface area contributed by atoms with Gasteiger partial charge in [0.05, 0.1) is 5.56 Å². The van der Waals surface area contributed by atoms with Gasteiger partial charge in [-0.05, 0) is 36.4 Å². The number of nitrogens with zero attached hydrogens (tertiary/aromatic N) is 3.